The second-order valence-corrected chi connectivity index (χ2v) is 4.91. The number of hydrogen-bond donors (Lipinski definition) is 0. The van der Waals surface area contributed by atoms with E-state index >= 15 is 0 Å². The molecule has 1 aliphatic rings. The molecular weight excluding hydrogens is 280 g/mol. The lowest BCUT2D eigenvalue weighted by atomic mass is 10.1. The molecule has 0 aromatic heterocycles. The lowest BCUT2D eigenvalue weighted by Gasteiger charge is -2.25. The Morgan fingerprint density at radius 2 is 1.95 bits per heavy atom. The van der Waals surface area contributed by atoms with Crippen LogP contribution in [-0.2, 0) is 33.2 Å². The summed E-state index contributed by atoms with van der Waals surface area (Å²) >= 11 is 0. The molecule has 7 heteroatoms. The SMILES string of the molecule is COC[C@H]1O[C@@H](C)C(OC(C)OCCOC(C)=O)[C@H]1OC. The first-order valence-corrected chi connectivity index (χ1v) is 7.07. The normalized spacial score (nSPS) is 30.3. The molecule has 0 aliphatic carbocycles. The van der Waals surface area contributed by atoms with E-state index in [2.05, 4.69) is 0 Å². The Bertz CT molecular complexity index is 310. The topological polar surface area (TPSA) is 72.5 Å². The number of carbonyl (C=O) groups is 1. The van der Waals surface area contributed by atoms with Crippen LogP contribution in [0.2, 0.25) is 0 Å². The molecule has 0 bridgehead atoms. The van der Waals surface area contributed by atoms with Gasteiger partial charge in [0.05, 0.1) is 19.3 Å². The van der Waals surface area contributed by atoms with Crippen molar-refractivity contribution in [3.8, 4) is 0 Å². The maximum absolute atomic E-state index is 10.6. The molecule has 0 aromatic rings. The van der Waals surface area contributed by atoms with E-state index in [1.54, 1.807) is 21.1 Å². The number of ether oxygens (including phenoxy) is 6. The summed E-state index contributed by atoms with van der Waals surface area (Å²) in [7, 11) is 3.24. The fraction of sp³-hybridized carbons (Fsp3) is 0.929. The van der Waals surface area contributed by atoms with Crippen LogP contribution >= 0.6 is 0 Å². The molecule has 0 N–H and O–H groups in total. The number of rotatable bonds is 9. The van der Waals surface area contributed by atoms with Crippen molar-refractivity contribution in [2.45, 2.75) is 51.5 Å². The average Bonchev–Trinajstić information content (AvgIpc) is 2.71. The highest BCUT2D eigenvalue weighted by atomic mass is 16.7. The Kier molecular flexibility index (Phi) is 8.13. The third-order valence-electron chi connectivity index (χ3n) is 3.24. The van der Waals surface area contributed by atoms with Crippen molar-refractivity contribution in [1.82, 2.24) is 0 Å². The van der Waals surface area contributed by atoms with Gasteiger partial charge in [-0.15, -0.1) is 0 Å². The maximum atomic E-state index is 10.6. The van der Waals surface area contributed by atoms with Crippen LogP contribution in [0.5, 0.6) is 0 Å². The zero-order valence-corrected chi connectivity index (χ0v) is 13.4. The van der Waals surface area contributed by atoms with Gasteiger partial charge in [0.2, 0.25) is 0 Å². The van der Waals surface area contributed by atoms with Gasteiger partial charge in [-0.05, 0) is 13.8 Å². The minimum Gasteiger partial charge on any atom is -0.463 e. The van der Waals surface area contributed by atoms with Crippen molar-refractivity contribution in [3.63, 3.8) is 0 Å². The second-order valence-electron chi connectivity index (χ2n) is 4.91. The third-order valence-corrected chi connectivity index (χ3v) is 3.24. The zero-order chi connectivity index (χ0) is 15.8. The Hall–Kier alpha value is -0.730. The van der Waals surface area contributed by atoms with E-state index in [4.69, 9.17) is 28.4 Å². The third kappa shape index (κ3) is 5.88. The summed E-state index contributed by atoms with van der Waals surface area (Å²) in [5, 5.41) is 0. The first-order chi connectivity index (χ1) is 9.99. The summed E-state index contributed by atoms with van der Waals surface area (Å²) < 4.78 is 32.4. The number of methoxy groups -OCH3 is 2. The predicted molar refractivity (Wildman–Crippen MR) is 73.9 cm³/mol. The number of carbonyl (C=O) groups excluding carboxylic acids is 1. The monoisotopic (exact) mass is 306 g/mol. The molecule has 0 amide bonds. The first kappa shape index (κ1) is 18.3. The van der Waals surface area contributed by atoms with Gasteiger partial charge >= 0.3 is 5.97 Å². The van der Waals surface area contributed by atoms with Gasteiger partial charge in [0.1, 0.15) is 24.9 Å². The quantitative estimate of drug-likeness (QED) is 0.353. The minimum atomic E-state index is -0.449. The highest BCUT2D eigenvalue weighted by molar-refractivity contribution is 5.65. The van der Waals surface area contributed by atoms with E-state index in [-0.39, 0.29) is 43.6 Å². The summed E-state index contributed by atoms with van der Waals surface area (Å²) in [4.78, 5) is 10.6. The van der Waals surface area contributed by atoms with E-state index in [9.17, 15) is 4.79 Å². The largest absolute Gasteiger partial charge is 0.463 e. The van der Waals surface area contributed by atoms with Crippen LogP contribution in [-0.4, -0.2) is 70.7 Å². The molecule has 124 valence electrons. The summed E-state index contributed by atoms with van der Waals surface area (Å²) in [6.45, 7) is 6.01. The van der Waals surface area contributed by atoms with Crippen LogP contribution in [0.1, 0.15) is 20.8 Å². The van der Waals surface area contributed by atoms with Crippen molar-refractivity contribution in [2.24, 2.45) is 0 Å². The number of hydrogen-bond acceptors (Lipinski definition) is 7. The number of esters is 1. The van der Waals surface area contributed by atoms with Gasteiger partial charge in [-0.3, -0.25) is 4.79 Å². The molecule has 0 spiro atoms. The molecule has 0 saturated carbocycles. The van der Waals surface area contributed by atoms with Crippen LogP contribution in [0.4, 0.5) is 0 Å². The smallest absolute Gasteiger partial charge is 0.302 e. The fourth-order valence-corrected chi connectivity index (χ4v) is 2.34. The molecular formula is C14H26O7. The van der Waals surface area contributed by atoms with Crippen LogP contribution in [0, 0.1) is 0 Å². The van der Waals surface area contributed by atoms with E-state index in [1.165, 1.54) is 6.92 Å². The zero-order valence-electron chi connectivity index (χ0n) is 13.4. The Morgan fingerprint density at radius 3 is 2.52 bits per heavy atom. The summed E-state index contributed by atoms with van der Waals surface area (Å²) in [6.07, 6.45) is -1.17. The molecule has 1 fully saturated rings. The Labute approximate surface area is 125 Å². The molecule has 21 heavy (non-hydrogen) atoms. The molecule has 0 radical (unpaired) electrons. The molecule has 2 unspecified atom stereocenters. The molecule has 7 nitrogen and oxygen atoms in total. The Morgan fingerprint density at radius 1 is 1.24 bits per heavy atom. The van der Waals surface area contributed by atoms with Crippen LogP contribution in [0.25, 0.3) is 0 Å². The van der Waals surface area contributed by atoms with Crippen molar-refractivity contribution in [3.05, 3.63) is 0 Å². The van der Waals surface area contributed by atoms with Gasteiger partial charge in [0, 0.05) is 21.1 Å². The fourth-order valence-electron chi connectivity index (χ4n) is 2.34. The molecule has 1 heterocycles. The van der Waals surface area contributed by atoms with Gasteiger partial charge in [0.25, 0.3) is 0 Å². The van der Waals surface area contributed by atoms with Crippen LogP contribution < -0.4 is 0 Å². The molecule has 1 rings (SSSR count). The molecule has 1 aliphatic heterocycles. The summed E-state index contributed by atoms with van der Waals surface area (Å²) in [5.41, 5.74) is 0. The first-order valence-electron chi connectivity index (χ1n) is 7.07. The van der Waals surface area contributed by atoms with Crippen LogP contribution in [0.15, 0.2) is 0 Å². The predicted octanol–water partition coefficient (Wildman–Crippen LogP) is 0.746. The van der Waals surface area contributed by atoms with Crippen molar-refractivity contribution in [2.75, 3.05) is 34.0 Å². The average molecular weight is 306 g/mol. The van der Waals surface area contributed by atoms with E-state index < -0.39 is 6.29 Å². The second kappa shape index (κ2) is 9.32. The Balaban J connectivity index is 2.38. The molecule has 0 aromatic carbocycles. The van der Waals surface area contributed by atoms with Gasteiger partial charge in [-0.25, -0.2) is 0 Å². The highest BCUT2D eigenvalue weighted by Gasteiger charge is 2.44. The lowest BCUT2D eigenvalue weighted by molar-refractivity contribution is -0.191. The van der Waals surface area contributed by atoms with Crippen LogP contribution in [0.3, 0.4) is 0 Å². The van der Waals surface area contributed by atoms with E-state index in [0.717, 1.165) is 0 Å². The van der Waals surface area contributed by atoms with Gasteiger partial charge in [0.15, 0.2) is 6.29 Å². The minimum absolute atomic E-state index is 0.116. The highest BCUT2D eigenvalue weighted by Crippen LogP contribution is 2.27. The van der Waals surface area contributed by atoms with E-state index in [1.807, 2.05) is 6.92 Å². The van der Waals surface area contributed by atoms with Gasteiger partial charge < -0.3 is 28.4 Å². The molecule has 5 atom stereocenters. The van der Waals surface area contributed by atoms with Gasteiger partial charge in [-0.2, -0.15) is 0 Å². The standard InChI is InChI=1S/C14H26O7/c1-9-13(14(17-5)12(20-9)8-16-4)21-11(3)19-7-6-18-10(2)15/h9,11-14H,6-8H2,1-5H3/t9-,11?,12+,13?,14-/m0/s1. The van der Waals surface area contributed by atoms with Crippen molar-refractivity contribution >= 4 is 5.97 Å². The summed E-state index contributed by atoms with van der Waals surface area (Å²) in [5.74, 6) is -0.327. The van der Waals surface area contributed by atoms with E-state index in [0.29, 0.717) is 6.61 Å². The lowest BCUT2D eigenvalue weighted by Crippen LogP contribution is -2.40. The van der Waals surface area contributed by atoms with Gasteiger partial charge in [-0.1, -0.05) is 0 Å². The molecule has 1 saturated heterocycles. The maximum Gasteiger partial charge on any atom is 0.302 e. The van der Waals surface area contributed by atoms with Crippen molar-refractivity contribution in [1.29, 1.82) is 0 Å². The summed E-state index contributed by atoms with van der Waals surface area (Å²) in [6, 6.07) is 0. The van der Waals surface area contributed by atoms with Crippen molar-refractivity contribution < 1.29 is 33.2 Å².